The van der Waals surface area contributed by atoms with Crippen molar-refractivity contribution in [2.24, 2.45) is 11.8 Å². The fraction of sp³-hybridized carbons (Fsp3) is 0.471. The quantitative estimate of drug-likeness (QED) is 0.739. The number of carboxylic acids is 1. The number of amides is 3. The highest BCUT2D eigenvalue weighted by Crippen LogP contribution is 2.38. The Morgan fingerprint density at radius 3 is 2.33 bits per heavy atom. The number of para-hydroxylation sites is 1. The van der Waals surface area contributed by atoms with E-state index in [4.69, 9.17) is 5.11 Å². The van der Waals surface area contributed by atoms with Gasteiger partial charge in [-0.15, -0.1) is 0 Å². The smallest absolute Gasteiger partial charge is 0.394 e. The molecule has 1 saturated heterocycles. The van der Waals surface area contributed by atoms with Crippen LogP contribution in [0.5, 0.6) is 0 Å². The first kappa shape index (κ1) is 20.5. The predicted octanol–water partition coefficient (Wildman–Crippen LogP) is 2.55. The van der Waals surface area contributed by atoms with Gasteiger partial charge in [0.15, 0.2) is 0 Å². The summed E-state index contributed by atoms with van der Waals surface area (Å²) in [6.07, 6.45) is -4.73. The van der Waals surface area contributed by atoms with Crippen molar-refractivity contribution in [2.75, 3.05) is 18.4 Å². The Balaban J connectivity index is 2.23. The SMILES string of the molecule is CC(C)NC(=O)Nc1ccccc1C(=O)N1C[C@@H](C(F)(F)F)[C@H](C(=O)O)C1. The molecular formula is C17H20F3N3O4. The van der Waals surface area contributed by atoms with Gasteiger partial charge in [-0.25, -0.2) is 4.79 Å². The Hall–Kier alpha value is -2.78. The molecule has 2 atom stereocenters. The molecule has 2 rings (SSSR count). The van der Waals surface area contributed by atoms with Gasteiger partial charge in [0.05, 0.1) is 23.1 Å². The van der Waals surface area contributed by atoms with Gasteiger partial charge >= 0.3 is 18.2 Å². The summed E-state index contributed by atoms with van der Waals surface area (Å²) < 4.78 is 39.3. The highest BCUT2D eigenvalue weighted by atomic mass is 19.4. The molecular weight excluding hydrogens is 367 g/mol. The van der Waals surface area contributed by atoms with Crippen LogP contribution in [0.15, 0.2) is 24.3 Å². The normalized spacial score (nSPS) is 19.9. The van der Waals surface area contributed by atoms with Gasteiger partial charge in [0.25, 0.3) is 5.91 Å². The largest absolute Gasteiger partial charge is 0.481 e. The number of alkyl halides is 3. The zero-order valence-corrected chi connectivity index (χ0v) is 14.7. The van der Waals surface area contributed by atoms with Crippen molar-refractivity contribution in [2.45, 2.75) is 26.1 Å². The van der Waals surface area contributed by atoms with Crippen molar-refractivity contribution in [3.05, 3.63) is 29.8 Å². The van der Waals surface area contributed by atoms with Crippen LogP contribution in [0.25, 0.3) is 0 Å². The van der Waals surface area contributed by atoms with Crippen LogP contribution < -0.4 is 10.6 Å². The first-order valence-corrected chi connectivity index (χ1v) is 8.26. The molecule has 1 fully saturated rings. The molecule has 1 aromatic carbocycles. The molecule has 1 aromatic rings. The number of hydrogen-bond donors (Lipinski definition) is 3. The molecule has 1 aliphatic rings. The molecule has 0 saturated carbocycles. The summed E-state index contributed by atoms with van der Waals surface area (Å²) in [4.78, 5) is 36.6. The van der Waals surface area contributed by atoms with Gasteiger partial charge in [-0.1, -0.05) is 12.1 Å². The average molecular weight is 387 g/mol. The van der Waals surface area contributed by atoms with Crippen LogP contribution in [0.3, 0.4) is 0 Å². The fourth-order valence-corrected chi connectivity index (χ4v) is 2.92. The molecule has 0 radical (unpaired) electrons. The number of hydrogen-bond acceptors (Lipinski definition) is 3. The molecule has 0 aromatic heterocycles. The number of anilines is 1. The number of carbonyl (C=O) groups excluding carboxylic acids is 2. The minimum Gasteiger partial charge on any atom is -0.481 e. The van der Waals surface area contributed by atoms with Crippen LogP contribution in [0.2, 0.25) is 0 Å². The van der Waals surface area contributed by atoms with Gasteiger partial charge in [-0.2, -0.15) is 13.2 Å². The minimum atomic E-state index is -4.73. The second kappa shape index (κ2) is 7.85. The summed E-state index contributed by atoms with van der Waals surface area (Å²) in [5, 5.41) is 14.1. The highest BCUT2D eigenvalue weighted by Gasteiger charge is 2.53. The van der Waals surface area contributed by atoms with Crippen LogP contribution in [0, 0.1) is 11.8 Å². The van der Waals surface area contributed by atoms with Gasteiger partial charge < -0.3 is 20.6 Å². The van der Waals surface area contributed by atoms with E-state index in [1.807, 2.05) is 0 Å². The topological polar surface area (TPSA) is 98.7 Å². The van der Waals surface area contributed by atoms with Crippen LogP contribution >= 0.6 is 0 Å². The zero-order chi connectivity index (χ0) is 20.4. The maximum Gasteiger partial charge on any atom is 0.394 e. The van der Waals surface area contributed by atoms with E-state index in [1.54, 1.807) is 19.9 Å². The van der Waals surface area contributed by atoms with E-state index in [2.05, 4.69) is 10.6 Å². The molecule has 27 heavy (non-hydrogen) atoms. The summed E-state index contributed by atoms with van der Waals surface area (Å²) in [5.41, 5.74) is 0.117. The van der Waals surface area contributed by atoms with Crippen LogP contribution in [0.1, 0.15) is 24.2 Å². The standard InChI is InChI=1S/C17H20F3N3O4/c1-9(2)21-16(27)22-13-6-4-3-5-10(13)14(24)23-7-11(15(25)26)12(8-23)17(18,19)20/h3-6,9,11-12H,7-8H2,1-2H3,(H,25,26)(H2,21,22,27)/t11-,12-/m1/s1. The molecule has 3 N–H and O–H groups in total. The maximum absolute atomic E-state index is 13.1. The van der Waals surface area contributed by atoms with Gasteiger partial charge in [0, 0.05) is 19.1 Å². The van der Waals surface area contributed by atoms with E-state index >= 15 is 0 Å². The number of urea groups is 1. The third kappa shape index (κ3) is 4.89. The highest BCUT2D eigenvalue weighted by molar-refractivity contribution is 6.03. The van der Waals surface area contributed by atoms with Crippen molar-refractivity contribution in [3.8, 4) is 0 Å². The van der Waals surface area contributed by atoms with Crippen LogP contribution in [0.4, 0.5) is 23.7 Å². The van der Waals surface area contributed by atoms with E-state index < -0.39 is 49.0 Å². The third-order valence-corrected chi connectivity index (χ3v) is 4.17. The lowest BCUT2D eigenvalue weighted by Crippen LogP contribution is -2.36. The molecule has 0 spiro atoms. The molecule has 1 aliphatic heterocycles. The number of rotatable bonds is 4. The third-order valence-electron chi connectivity index (χ3n) is 4.17. The summed E-state index contributed by atoms with van der Waals surface area (Å²) in [5.74, 6) is -6.23. The molecule has 10 heteroatoms. The summed E-state index contributed by atoms with van der Waals surface area (Å²) in [6, 6.07) is 5.15. The molecule has 1 heterocycles. The van der Waals surface area contributed by atoms with Crippen molar-refractivity contribution in [3.63, 3.8) is 0 Å². The van der Waals surface area contributed by atoms with E-state index in [0.29, 0.717) is 0 Å². The first-order chi connectivity index (χ1) is 12.5. The summed E-state index contributed by atoms with van der Waals surface area (Å²) >= 11 is 0. The average Bonchev–Trinajstić information content (AvgIpc) is 2.99. The molecule has 148 valence electrons. The maximum atomic E-state index is 13.1. The Morgan fingerprint density at radius 1 is 1.19 bits per heavy atom. The predicted molar refractivity (Wildman–Crippen MR) is 90.3 cm³/mol. The Morgan fingerprint density at radius 2 is 1.81 bits per heavy atom. The zero-order valence-electron chi connectivity index (χ0n) is 14.7. The van der Waals surface area contributed by atoms with Gasteiger partial charge in [-0.3, -0.25) is 9.59 Å². The van der Waals surface area contributed by atoms with Crippen molar-refractivity contribution < 1.29 is 32.7 Å². The lowest BCUT2D eigenvalue weighted by atomic mass is 9.96. The van der Waals surface area contributed by atoms with E-state index in [9.17, 15) is 27.6 Å². The second-order valence-corrected chi connectivity index (χ2v) is 6.60. The molecule has 7 nitrogen and oxygen atoms in total. The number of benzene rings is 1. The summed E-state index contributed by atoms with van der Waals surface area (Å²) in [7, 11) is 0. The van der Waals surface area contributed by atoms with Crippen molar-refractivity contribution in [1.29, 1.82) is 0 Å². The first-order valence-electron chi connectivity index (χ1n) is 8.26. The number of nitrogens with zero attached hydrogens (tertiary/aromatic N) is 1. The van der Waals surface area contributed by atoms with E-state index in [0.717, 1.165) is 4.90 Å². The molecule has 0 aliphatic carbocycles. The Bertz CT molecular complexity index is 736. The Labute approximate surface area is 153 Å². The van der Waals surface area contributed by atoms with Crippen LogP contribution in [-0.2, 0) is 4.79 Å². The summed E-state index contributed by atoms with van der Waals surface area (Å²) in [6.45, 7) is 2.19. The minimum absolute atomic E-state index is 0.0108. The lowest BCUT2D eigenvalue weighted by Gasteiger charge is -2.20. The monoisotopic (exact) mass is 387 g/mol. The number of aliphatic carboxylic acids is 1. The van der Waals surface area contributed by atoms with Gasteiger partial charge in [0.2, 0.25) is 0 Å². The molecule has 3 amide bonds. The van der Waals surface area contributed by atoms with E-state index in [1.165, 1.54) is 18.2 Å². The van der Waals surface area contributed by atoms with Gasteiger partial charge in [-0.05, 0) is 26.0 Å². The number of halogens is 3. The van der Waals surface area contributed by atoms with Crippen molar-refractivity contribution >= 4 is 23.6 Å². The number of likely N-dealkylation sites (tertiary alicyclic amines) is 1. The van der Waals surface area contributed by atoms with Crippen LogP contribution in [-0.4, -0.2) is 53.2 Å². The van der Waals surface area contributed by atoms with E-state index in [-0.39, 0.29) is 17.3 Å². The molecule has 0 unspecified atom stereocenters. The number of carbonyl (C=O) groups is 3. The second-order valence-electron chi connectivity index (χ2n) is 6.60. The number of nitrogens with one attached hydrogen (secondary N) is 2. The molecule has 0 bridgehead atoms. The lowest BCUT2D eigenvalue weighted by molar-refractivity contribution is -0.187. The number of carboxylic acid groups (broad SMARTS) is 1. The van der Waals surface area contributed by atoms with Gasteiger partial charge in [0.1, 0.15) is 0 Å². The van der Waals surface area contributed by atoms with Crippen molar-refractivity contribution in [1.82, 2.24) is 10.2 Å². The Kier molecular flexibility index (Phi) is 5.97. The fourth-order valence-electron chi connectivity index (χ4n) is 2.92.